The molecule has 19 heavy (non-hydrogen) atoms. The average molecular weight is 262 g/mol. The van der Waals surface area contributed by atoms with Crippen molar-refractivity contribution in [2.24, 2.45) is 11.7 Å². The van der Waals surface area contributed by atoms with E-state index in [9.17, 15) is 9.59 Å². The first-order valence-electron chi connectivity index (χ1n) is 6.41. The molecule has 0 bridgehead atoms. The number of carboxylic acid groups (broad SMARTS) is 1. The molecule has 0 aliphatic heterocycles. The summed E-state index contributed by atoms with van der Waals surface area (Å²) in [6.45, 7) is 0. The summed E-state index contributed by atoms with van der Waals surface area (Å²) in [6.07, 6.45) is 1.80. The summed E-state index contributed by atoms with van der Waals surface area (Å²) < 4.78 is 0. The Labute approximate surface area is 111 Å². The van der Waals surface area contributed by atoms with E-state index in [0.29, 0.717) is 19.3 Å². The van der Waals surface area contributed by atoms with E-state index in [2.05, 4.69) is 5.32 Å². The van der Waals surface area contributed by atoms with Gasteiger partial charge in [0, 0.05) is 6.04 Å². The molecule has 5 nitrogen and oxygen atoms in total. The van der Waals surface area contributed by atoms with E-state index in [1.807, 2.05) is 18.2 Å². The van der Waals surface area contributed by atoms with E-state index in [1.54, 1.807) is 12.1 Å². The highest BCUT2D eigenvalue weighted by Crippen LogP contribution is 2.26. The predicted molar refractivity (Wildman–Crippen MR) is 70.3 cm³/mol. The molecule has 102 valence electrons. The van der Waals surface area contributed by atoms with E-state index in [4.69, 9.17) is 10.8 Å². The fourth-order valence-electron chi connectivity index (χ4n) is 2.44. The van der Waals surface area contributed by atoms with Gasteiger partial charge in [0.25, 0.3) is 0 Å². The maximum atomic E-state index is 12.0. The second-order valence-corrected chi connectivity index (χ2v) is 4.94. The van der Waals surface area contributed by atoms with Crippen LogP contribution >= 0.6 is 0 Å². The molecule has 1 amide bonds. The van der Waals surface area contributed by atoms with Crippen molar-refractivity contribution in [3.05, 3.63) is 35.9 Å². The van der Waals surface area contributed by atoms with E-state index in [1.165, 1.54) is 0 Å². The first kappa shape index (κ1) is 13.5. The van der Waals surface area contributed by atoms with Crippen LogP contribution in [0, 0.1) is 5.92 Å². The van der Waals surface area contributed by atoms with Gasteiger partial charge in [-0.1, -0.05) is 30.3 Å². The topological polar surface area (TPSA) is 92.4 Å². The number of carbonyl (C=O) groups excluding carboxylic acids is 1. The Kier molecular flexibility index (Phi) is 4.16. The van der Waals surface area contributed by atoms with Gasteiger partial charge in [-0.3, -0.25) is 9.59 Å². The minimum absolute atomic E-state index is 0.0802. The molecule has 0 saturated heterocycles. The third kappa shape index (κ3) is 3.32. The van der Waals surface area contributed by atoms with Gasteiger partial charge in [-0.25, -0.2) is 0 Å². The summed E-state index contributed by atoms with van der Waals surface area (Å²) in [5, 5.41) is 11.7. The average Bonchev–Trinajstić information content (AvgIpc) is 2.87. The Morgan fingerprint density at radius 3 is 2.53 bits per heavy atom. The molecule has 5 heteroatoms. The number of hydrogen-bond acceptors (Lipinski definition) is 3. The highest BCUT2D eigenvalue weighted by atomic mass is 16.4. The fraction of sp³-hybridized carbons (Fsp3) is 0.429. The lowest BCUT2D eigenvalue weighted by Crippen LogP contribution is -2.39. The Balaban J connectivity index is 1.90. The van der Waals surface area contributed by atoms with Crippen molar-refractivity contribution in [1.82, 2.24) is 5.32 Å². The minimum Gasteiger partial charge on any atom is -0.481 e. The Bertz CT molecular complexity index is 461. The molecule has 0 heterocycles. The van der Waals surface area contributed by atoms with Gasteiger partial charge in [-0.15, -0.1) is 0 Å². The van der Waals surface area contributed by atoms with Crippen LogP contribution in [0.5, 0.6) is 0 Å². The van der Waals surface area contributed by atoms with Crippen molar-refractivity contribution in [3.8, 4) is 0 Å². The molecular formula is C14H18N2O3. The molecule has 0 aromatic heterocycles. The van der Waals surface area contributed by atoms with E-state index in [0.717, 1.165) is 5.56 Å². The molecule has 3 atom stereocenters. The number of benzene rings is 1. The van der Waals surface area contributed by atoms with Crippen LogP contribution in [-0.2, 0) is 9.59 Å². The summed E-state index contributed by atoms with van der Waals surface area (Å²) in [7, 11) is 0. The van der Waals surface area contributed by atoms with Crippen LogP contribution in [0.3, 0.4) is 0 Å². The van der Waals surface area contributed by atoms with Gasteiger partial charge < -0.3 is 16.2 Å². The van der Waals surface area contributed by atoms with Gasteiger partial charge in [0.15, 0.2) is 0 Å². The molecule has 1 aromatic rings. The lowest BCUT2D eigenvalue weighted by atomic mass is 10.1. The number of carboxylic acids is 1. The number of hydrogen-bond donors (Lipinski definition) is 3. The van der Waals surface area contributed by atoms with Crippen LogP contribution in [0.4, 0.5) is 0 Å². The first-order valence-corrected chi connectivity index (χ1v) is 6.41. The van der Waals surface area contributed by atoms with Crippen LogP contribution in [0.25, 0.3) is 0 Å². The molecule has 1 fully saturated rings. The second kappa shape index (κ2) is 5.84. The number of amides is 1. The predicted octanol–water partition coefficient (Wildman–Crippen LogP) is 1.06. The molecule has 1 aliphatic carbocycles. The zero-order valence-electron chi connectivity index (χ0n) is 10.6. The number of rotatable bonds is 4. The smallest absolute Gasteiger partial charge is 0.306 e. The maximum absolute atomic E-state index is 12.0. The van der Waals surface area contributed by atoms with Gasteiger partial charge in [0.05, 0.1) is 5.92 Å². The molecular weight excluding hydrogens is 244 g/mol. The standard InChI is InChI=1S/C14H18N2O3/c15-12(9-4-2-1-3-5-9)13(17)16-11-7-6-10(8-11)14(18)19/h1-5,10-12H,6-8,15H2,(H,16,17)(H,18,19)/t10?,11?,12-/m1/s1. The highest BCUT2D eigenvalue weighted by Gasteiger charge is 2.31. The lowest BCUT2D eigenvalue weighted by molar-refractivity contribution is -0.141. The monoisotopic (exact) mass is 262 g/mol. The quantitative estimate of drug-likeness (QED) is 0.756. The van der Waals surface area contributed by atoms with Crippen molar-refractivity contribution >= 4 is 11.9 Å². The van der Waals surface area contributed by atoms with Crippen molar-refractivity contribution in [1.29, 1.82) is 0 Å². The molecule has 0 radical (unpaired) electrons. The summed E-state index contributed by atoms with van der Waals surface area (Å²) in [4.78, 5) is 22.8. The van der Waals surface area contributed by atoms with Crippen LogP contribution in [0.2, 0.25) is 0 Å². The number of aliphatic carboxylic acids is 1. The van der Waals surface area contributed by atoms with Crippen LogP contribution < -0.4 is 11.1 Å². The summed E-state index contributed by atoms with van der Waals surface area (Å²) in [5.74, 6) is -1.38. The molecule has 0 spiro atoms. The Hall–Kier alpha value is -1.88. The van der Waals surface area contributed by atoms with Crippen molar-refractivity contribution in [2.45, 2.75) is 31.3 Å². The molecule has 1 saturated carbocycles. The van der Waals surface area contributed by atoms with Gasteiger partial charge >= 0.3 is 5.97 Å². The SMILES string of the molecule is N[C@@H](C(=O)NC1CCC(C(=O)O)C1)c1ccccc1. The largest absolute Gasteiger partial charge is 0.481 e. The van der Waals surface area contributed by atoms with Crippen LogP contribution in [0.1, 0.15) is 30.9 Å². The van der Waals surface area contributed by atoms with Gasteiger partial charge in [-0.05, 0) is 24.8 Å². The van der Waals surface area contributed by atoms with E-state index in [-0.39, 0.29) is 17.9 Å². The van der Waals surface area contributed by atoms with Crippen LogP contribution in [0.15, 0.2) is 30.3 Å². The van der Waals surface area contributed by atoms with Crippen molar-refractivity contribution < 1.29 is 14.7 Å². The van der Waals surface area contributed by atoms with Gasteiger partial charge in [0.2, 0.25) is 5.91 Å². The highest BCUT2D eigenvalue weighted by molar-refractivity contribution is 5.83. The van der Waals surface area contributed by atoms with Crippen LogP contribution in [-0.4, -0.2) is 23.0 Å². The molecule has 2 rings (SSSR count). The number of nitrogens with one attached hydrogen (secondary N) is 1. The normalized spacial score (nSPS) is 23.8. The first-order chi connectivity index (χ1) is 9.08. The third-order valence-electron chi connectivity index (χ3n) is 3.57. The summed E-state index contributed by atoms with van der Waals surface area (Å²) in [6, 6.07) is 8.35. The van der Waals surface area contributed by atoms with Gasteiger partial charge in [-0.2, -0.15) is 0 Å². The molecule has 1 aliphatic rings. The van der Waals surface area contributed by atoms with E-state index >= 15 is 0 Å². The van der Waals surface area contributed by atoms with Gasteiger partial charge in [0.1, 0.15) is 6.04 Å². The Morgan fingerprint density at radius 1 is 1.26 bits per heavy atom. The summed E-state index contributed by atoms with van der Waals surface area (Å²) in [5.41, 5.74) is 6.64. The minimum atomic E-state index is -0.788. The fourth-order valence-corrected chi connectivity index (χ4v) is 2.44. The number of carbonyl (C=O) groups is 2. The maximum Gasteiger partial charge on any atom is 0.306 e. The molecule has 4 N–H and O–H groups in total. The molecule has 2 unspecified atom stereocenters. The lowest BCUT2D eigenvalue weighted by Gasteiger charge is -2.17. The zero-order chi connectivity index (χ0) is 13.8. The summed E-state index contributed by atoms with van der Waals surface area (Å²) >= 11 is 0. The number of nitrogens with two attached hydrogens (primary N) is 1. The molecule has 1 aromatic carbocycles. The van der Waals surface area contributed by atoms with Crippen molar-refractivity contribution in [2.75, 3.05) is 0 Å². The second-order valence-electron chi connectivity index (χ2n) is 4.94. The Morgan fingerprint density at radius 2 is 1.95 bits per heavy atom. The van der Waals surface area contributed by atoms with E-state index < -0.39 is 12.0 Å². The zero-order valence-corrected chi connectivity index (χ0v) is 10.6. The van der Waals surface area contributed by atoms with Crippen molar-refractivity contribution in [3.63, 3.8) is 0 Å². The third-order valence-corrected chi connectivity index (χ3v) is 3.57.